The lowest BCUT2D eigenvalue weighted by Gasteiger charge is -2.03. The Hall–Kier alpha value is -2.22. The molecule has 0 heterocycles. The van der Waals surface area contributed by atoms with Crippen LogP contribution in [0.1, 0.15) is 16.7 Å². The third-order valence-corrected chi connectivity index (χ3v) is 2.78. The minimum Gasteiger partial charge on any atom is -0.298 e. The maximum Gasteiger partial charge on any atom is 0.150 e. The minimum absolute atomic E-state index is 0.343. The monoisotopic (exact) mass is 240 g/mol. The van der Waals surface area contributed by atoms with E-state index < -0.39 is 0 Å². The Labute approximate surface area is 106 Å². The first-order chi connectivity index (χ1) is 8.70. The first-order valence-corrected chi connectivity index (χ1v) is 5.69. The minimum atomic E-state index is -0.343. The van der Waals surface area contributed by atoms with Gasteiger partial charge in [-0.3, -0.25) is 4.79 Å². The molecule has 0 aliphatic carbocycles. The van der Waals surface area contributed by atoms with Gasteiger partial charge in [-0.15, -0.1) is 0 Å². The van der Waals surface area contributed by atoms with E-state index in [2.05, 4.69) is 0 Å². The van der Waals surface area contributed by atoms with Crippen molar-refractivity contribution in [2.24, 2.45) is 0 Å². The van der Waals surface area contributed by atoms with Crippen LogP contribution in [0.2, 0.25) is 0 Å². The molecule has 0 fully saturated rings. The van der Waals surface area contributed by atoms with E-state index in [0.717, 1.165) is 17.4 Å². The van der Waals surface area contributed by atoms with E-state index in [1.54, 1.807) is 18.2 Å². The third kappa shape index (κ3) is 2.72. The number of halogens is 1. The Kier molecular flexibility index (Phi) is 3.68. The van der Waals surface area contributed by atoms with Gasteiger partial charge in [-0.25, -0.2) is 4.39 Å². The zero-order valence-corrected chi connectivity index (χ0v) is 10.1. The molecule has 0 amide bonds. The van der Waals surface area contributed by atoms with Gasteiger partial charge in [-0.05, 0) is 41.8 Å². The van der Waals surface area contributed by atoms with Crippen LogP contribution in [0.15, 0.2) is 48.5 Å². The second-order valence-corrected chi connectivity index (χ2v) is 4.08. The van der Waals surface area contributed by atoms with Crippen molar-refractivity contribution in [3.63, 3.8) is 0 Å². The van der Waals surface area contributed by atoms with E-state index in [-0.39, 0.29) is 5.82 Å². The fourth-order valence-electron chi connectivity index (χ4n) is 1.77. The summed E-state index contributed by atoms with van der Waals surface area (Å²) in [5.41, 5.74) is 3.11. The molecular formula is C16H13FO. The summed E-state index contributed by atoms with van der Waals surface area (Å²) in [4.78, 5) is 11.1. The average Bonchev–Trinajstić information content (AvgIpc) is 2.38. The van der Waals surface area contributed by atoms with E-state index in [0.29, 0.717) is 11.1 Å². The molecule has 2 aromatic carbocycles. The van der Waals surface area contributed by atoms with Gasteiger partial charge >= 0.3 is 0 Å². The summed E-state index contributed by atoms with van der Waals surface area (Å²) in [6.45, 7) is 1.97. The molecule has 0 radical (unpaired) electrons. The third-order valence-electron chi connectivity index (χ3n) is 2.78. The lowest BCUT2D eigenvalue weighted by Crippen LogP contribution is -1.88. The molecule has 0 saturated carbocycles. The van der Waals surface area contributed by atoms with Crippen molar-refractivity contribution < 1.29 is 9.18 Å². The average molecular weight is 240 g/mol. The zero-order chi connectivity index (χ0) is 13.0. The fraction of sp³-hybridized carbons (Fsp3) is 0.0625. The molecular weight excluding hydrogens is 227 g/mol. The lowest BCUT2D eigenvalue weighted by atomic mass is 10.0. The normalized spacial score (nSPS) is 11.3. The van der Waals surface area contributed by atoms with E-state index >= 15 is 0 Å². The van der Waals surface area contributed by atoms with Crippen LogP contribution in [-0.4, -0.2) is 6.29 Å². The van der Waals surface area contributed by atoms with Gasteiger partial charge in [0.15, 0.2) is 6.29 Å². The van der Waals surface area contributed by atoms with Gasteiger partial charge in [0, 0.05) is 5.57 Å². The second kappa shape index (κ2) is 5.41. The fourth-order valence-corrected chi connectivity index (χ4v) is 1.77. The molecule has 0 N–H and O–H groups in total. The molecule has 1 nitrogen and oxygen atoms in total. The highest BCUT2D eigenvalue weighted by molar-refractivity contribution is 6.13. The quantitative estimate of drug-likeness (QED) is 0.452. The summed E-state index contributed by atoms with van der Waals surface area (Å²) in [5, 5.41) is 0. The van der Waals surface area contributed by atoms with Crippen LogP contribution >= 0.6 is 0 Å². The van der Waals surface area contributed by atoms with Crippen LogP contribution in [0.3, 0.4) is 0 Å². The SMILES string of the molecule is Cc1ccccc1/C=C(/C=O)c1cccc(F)c1. The summed E-state index contributed by atoms with van der Waals surface area (Å²) in [7, 11) is 0. The van der Waals surface area contributed by atoms with Crippen LogP contribution in [0.4, 0.5) is 4.39 Å². The number of aldehydes is 1. The molecule has 0 aromatic heterocycles. The summed E-state index contributed by atoms with van der Waals surface area (Å²) in [5.74, 6) is -0.343. The number of allylic oxidation sites excluding steroid dienone is 1. The predicted molar refractivity (Wildman–Crippen MR) is 71.5 cm³/mol. The van der Waals surface area contributed by atoms with Crippen LogP contribution in [0.5, 0.6) is 0 Å². The molecule has 90 valence electrons. The van der Waals surface area contributed by atoms with Crippen molar-refractivity contribution in [1.29, 1.82) is 0 Å². The number of hydrogen-bond acceptors (Lipinski definition) is 1. The van der Waals surface area contributed by atoms with Gasteiger partial charge in [-0.1, -0.05) is 36.4 Å². The number of rotatable bonds is 3. The lowest BCUT2D eigenvalue weighted by molar-refractivity contribution is -0.103. The van der Waals surface area contributed by atoms with E-state index in [4.69, 9.17) is 0 Å². The Balaban J connectivity index is 2.46. The highest BCUT2D eigenvalue weighted by atomic mass is 19.1. The maximum absolute atomic E-state index is 13.1. The molecule has 0 aliphatic heterocycles. The summed E-state index contributed by atoms with van der Waals surface area (Å²) in [6.07, 6.45) is 2.53. The molecule has 0 atom stereocenters. The molecule has 2 aromatic rings. The Morgan fingerprint density at radius 3 is 2.56 bits per heavy atom. The summed E-state index contributed by atoms with van der Waals surface area (Å²) >= 11 is 0. The summed E-state index contributed by atoms with van der Waals surface area (Å²) < 4.78 is 13.1. The Bertz CT molecular complexity index is 600. The van der Waals surface area contributed by atoms with E-state index in [1.807, 2.05) is 31.2 Å². The van der Waals surface area contributed by atoms with E-state index in [9.17, 15) is 9.18 Å². The van der Waals surface area contributed by atoms with E-state index in [1.165, 1.54) is 12.1 Å². The van der Waals surface area contributed by atoms with Gasteiger partial charge < -0.3 is 0 Å². The summed E-state index contributed by atoms with van der Waals surface area (Å²) in [6, 6.07) is 13.8. The number of hydrogen-bond donors (Lipinski definition) is 0. The maximum atomic E-state index is 13.1. The topological polar surface area (TPSA) is 17.1 Å². The smallest absolute Gasteiger partial charge is 0.150 e. The van der Waals surface area contributed by atoms with Crippen molar-refractivity contribution in [1.82, 2.24) is 0 Å². The van der Waals surface area contributed by atoms with Crippen molar-refractivity contribution in [2.45, 2.75) is 6.92 Å². The molecule has 0 aliphatic rings. The number of benzene rings is 2. The zero-order valence-electron chi connectivity index (χ0n) is 10.1. The molecule has 2 heteroatoms. The number of carbonyl (C=O) groups is 1. The number of carbonyl (C=O) groups excluding carboxylic acids is 1. The van der Waals surface area contributed by atoms with Gasteiger partial charge in [0.05, 0.1) is 0 Å². The van der Waals surface area contributed by atoms with Crippen LogP contribution in [-0.2, 0) is 4.79 Å². The van der Waals surface area contributed by atoms with Crippen molar-refractivity contribution in [3.8, 4) is 0 Å². The van der Waals surface area contributed by atoms with Crippen LogP contribution < -0.4 is 0 Å². The van der Waals surface area contributed by atoms with Crippen molar-refractivity contribution in [3.05, 3.63) is 71.0 Å². The highest BCUT2D eigenvalue weighted by Crippen LogP contribution is 2.19. The van der Waals surface area contributed by atoms with Gasteiger partial charge in [0.25, 0.3) is 0 Å². The number of aryl methyl sites for hydroxylation is 1. The van der Waals surface area contributed by atoms with Gasteiger partial charge in [-0.2, -0.15) is 0 Å². The van der Waals surface area contributed by atoms with Gasteiger partial charge in [0.1, 0.15) is 5.82 Å². The highest BCUT2D eigenvalue weighted by Gasteiger charge is 2.03. The largest absolute Gasteiger partial charge is 0.298 e. The molecule has 0 unspecified atom stereocenters. The predicted octanol–water partition coefficient (Wildman–Crippen LogP) is 3.87. The molecule has 0 bridgehead atoms. The van der Waals surface area contributed by atoms with Crippen molar-refractivity contribution in [2.75, 3.05) is 0 Å². The van der Waals surface area contributed by atoms with Crippen LogP contribution in [0, 0.1) is 12.7 Å². The first-order valence-electron chi connectivity index (χ1n) is 5.69. The Morgan fingerprint density at radius 1 is 1.11 bits per heavy atom. The molecule has 0 spiro atoms. The van der Waals surface area contributed by atoms with Crippen LogP contribution in [0.25, 0.3) is 11.6 Å². The molecule has 2 rings (SSSR count). The molecule has 0 saturated heterocycles. The van der Waals surface area contributed by atoms with Gasteiger partial charge in [0.2, 0.25) is 0 Å². The first kappa shape index (κ1) is 12.2. The standard InChI is InChI=1S/C16H13FO/c1-12-5-2-3-6-13(12)9-15(11-18)14-7-4-8-16(17)10-14/h2-11H,1H3/b15-9-. The molecule has 18 heavy (non-hydrogen) atoms. The van der Waals surface area contributed by atoms with Crippen molar-refractivity contribution >= 4 is 17.9 Å². The Morgan fingerprint density at radius 2 is 1.89 bits per heavy atom. The second-order valence-electron chi connectivity index (χ2n) is 4.08.